The van der Waals surface area contributed by atoms with Crippen LogP contribution in [0.1, 0.15) is 18.9 Å². The van der Waals surface area contributed by atoms with Crippen molar-refractivity contribution in [3.05, 3.63) is 11.9 Å². The Bertz CT molecular complexity index is 355. The van der Waals surface area contributed by atoms with Crippen LogP contribution in [0.3, 0.4) is 0 Å². The molecular weight excluding hydrogens is 222 g/mol. The monoisotopic (exact) mass is 239 g/mol. The Hall–Kier alpha value is -0.810. The van der Waals surface area contributed by atoms with Crippen LogP contribution in [0.15, 0.2) is 11.4 Å². The predicted molar refractivity (Wildman–Crippen MR) is 66.0 cm³/mol. The molecule has 0 amide bonds. The maximum absolute atomic E-state index is 5.16. The summed E-state index contributed by atoms with van der Waals surface area (Å²) in [6.45, 7) is 6.84. The minimum Gasteiger partial charge on any atom is -0.379 e. The van der Waals surface area contributed by atoms with E-state index >= 15 is 0 Å². The number of hydrogen-bond donors (Lipinski definition) is 1. The summed E-state index contributed by atoms with van der Waals surface area (Å²) in [5.41, 5.74) is 1.15. The zero-order chi connectivity index (χ0) is 11.4. The van der Waals surface area contributed by atoms with E-state index in [9.17, 15) is 0 Å². The van der Waals surface area contributed by atoms with Crippen LogP contribution in [0.25, 0.3) is 0 Å². The molecule has 4 nitrogen and oxygen atoms in total. The van der Waals surface area contributed by atoms with Crippen molar-refractivity contribution in [1.29, 1.82) is 0 Å². The lowest BCUT2D eigenvalue weighted by Gasteiger charge is -2.25. The molecular formula is C11H17N3OS. The van der Waals surface area contributed by atoms with Gasteiger partial charge in [0.25, 0.3) is 0 Å². The van der Waals surface area contributed by atoms with E-state index in [1.165, 1.54) is 0 Å². The van der Waals surface area contributed by atoms with Gasteiger partial charge in [0.1, 0.15) is 17.2 Å². The van der Waals surface area contributed by atoms with Crippen molar-refractivity contribution < 1.29 is 4.74 Å². The van der Waals surface area contributed by atoms with E-state index in [2.05, 4.69) is 29.1 Å². The number of thioether (sulfide) groups is 1. The third-order valence-corrected chi connectivity index (χ3v) is 3.71. The number of hydrogen-bond acceptors (Lipinski definition) is 5. The quantitative estimate of drug-likeness (QED) is 0.797. The van der Waals surface area contributed by atoms with E-state index in [4.69, 9.17) is 4.74 Å². The lowest BCUT2D eigenvalue weighted by molar-refractivity contribution is 0.0454. The molecule has 2 heterocycles. The van der Waals surface area contributed by atoms with Crippen LogP contribution in [0.4, 0.5) is 5.82 Å². The van der Waals surface area contributed by atoms with Gasteiger partial charge in [0, 0.05) is 12.1 Å². The molecule has 0 spiro atoms. The molecule has 88 valence electrons. The van der Waals surface area contributed by atoms with Crippen LogP contribution in [0.2, 0.25) is 0 Å². The van der Waals surface area contributed by atoms with E-state index in [1.807, 2.05) is 0 Å². The van der Waals surface area contributed by atoms with Crippen molar-refractivity contribution in [2.45, 2.75) is 30.5 Å². The Kier molecular flexibility index (Phi) is 4.01. The summed E-state index contributed by atoms with van der Waals surface area (Å²) < 4.78 is 5.16. The van der Waals surface area contributed by atoms with Crippen LogP contribution >= 0.6 is 11.8 Å². The van der Waals surface area contributed by atoms with Gasteiger partial charge in [0.15, 0.2) is 0 Å². The fourth-order valence-corrected chi connectivity index (χ4v) is 2.44. The minimum atomic E-state index is 0.563. The first kappa shape index (κ1) is 11.7. The molecule has 5 heteroatoms. The number of nitrogens with zero attached hydrogens (tertiary/aromatic N) is 2. The molecule has 2 rings (SSSR count). The average Bonchev–Trinajstić information content (AvgIpc) is 2.23. The van der Waals surface area contributed by atoms with E-state index in [0.717, 1.165) is 42.6 Å². The van der Waals surface area contributed by atoms with Gasteiger partial charge in [-0.15, -0.1) is 0 Å². The molecule has 0 bridgehead atoms. The largest absolute Gasteiger partial charge is 0.379 e. The molecule has 1 aliphatic heterocycles. The van der Waals surface area contributed by atoms with Gasteiger partial charge in [0.05, 0.1) is 18.5 Å². The maximum atomic E-state index is 5.16. The lowest BCUT2D eigenvalue weighted by Crippen LogP contribution is -2.30. The van der Waals surface area contributed by atoms with Gasteiger partial charge < -0.3 is 10.1 Å². The zero-order valence-corrected chi connectivity index (χ0v) is 10.5. The topological polar surface area (TPSA) is 47.0 Å². The molecule has 16 heavy (non-hydrogen) atoms. The molecule has 0 saturated carbocycles. The van der Waals surface area contributed by atoms with E-state index in [-0.39, 0.29) is 0 Å². The fraction of sp³-hybridized carbons (Fsp3) is 0.636. The average molecular weight is 239 g/mol. The molecule has 1 aromatic rings. The van der Waals surface area contributed by atoms with Crippen molar-refractivity contribution in [2.24, 2.45) is 0 Å². The summed E-state index contributed by atoms with van der Waals surface area (Å²) in [6.07, 6.45) is 2.73. The van der Waals surface area contributed by atoms with Crippen molar-refractivity contribution in [1.82, 2.24) is 9.97 Å². The molecule has 0 aliphatic carbocycles. The summed E-state index contributed by atoms with van der Waals surface area (Å²) in [5, 5.41) is 4.95. The van der Waals surface area contributed by atoms with Crippen molar-refractivity contribution in [3.63, 3.8) is 0 Å². The van der Waals surface area contributed by atoms with E-state index in [1.54, 1.807) is 18.1 Å². The van der Waals surface area contributed by atoms with Crippen LogP contribution in [0, 0.1) is 6.92 Å². The van der Waals surface area contributed by atoms with Crippen LogP contribution in [0.5, 0.6) is 0 Å². The normalized spacial score (nSPS) is 15.9. The standard InChI is InChI=1S/C11H17N3OS/c1-3-4-12-10-8(2)11(14-7-13-10)16-9-5-15-6-9/h7,9H,3-6H2,1-2H3,(H,12,13,14). The van der Waals surface area contributed by atoms with E-state index in [0.29, 0.717) is 5.25 Å². The molecule has 1 N–H and O–H groups in total. The molecule has 1 fully saturated rings. The van der Waals surface area contributed by atoms with Crippen LogP contribution in [-0.2, 0) is 4.74 Å². The minimum absolute atomic E-state index is 0.563. The SMILES string of the molecule is CCCNc1ncnc(SC2COC2)c1C. The van der Waals surface area contributed by atoms with Gasteiger partial charge >= 0.3 is 0 Å². The smallest absolute Gasteiger partial charge is 0.133 e. The number of nitrogens with one attached hydrogen (secondary N) is 1. The van der Waals surface area contributed by atoms with Crippen LogP contribution in [-0.4, -0.2) is 35.0 Å². The Morgan fingerprint density at radius 3 is 2.94 bits per heavy atom. The van der Waals surface area contributed by atoms with Gasteiger partial charge in [-0.05, 0) is 13.3 Å². The summed E-state index contributed by atoms with van der Waals surface area (Å²) >= 11 is 1.79. The molecule has 0 atom stereocenters. The van der Waals surface area contributed by atoms with Crippen molar-refractivity contribution >= 4 is 17.6 Å². The number of rotatable bonds is 5. The van der Waals surface area contributed by atoms with Crippen molar-refractivity contribution in [3.8, 4) is 0 Å². The highest BCUT2D eigenvalue weighted by Crippen LogP contribution is 2.30. The first-order valence-corrected chi connectivity index (χ1v) is 6.49. The zero-order valence-electron chi connectivity index (χ0n) is 9.69. The molecule has 1 aromatic heterocycles. The maximum Gasteiger partial charge on any atom is 0.133 e. The molecule has 0 aromatic carbocycles. The summed E-state index contributed by atoms with van der Waals surface area (Å²) in [6, 6.07) is 0. The fourth-order valence-electron chi connectivity index (χ4n) is 1.41. The summed E-state index contributed by atoms with van der Waals surface area (Å²) in [4.78, 5) is 8.59. The Morgan fingerprint density at radius 1 is 1.50 bits per heavy atom. The van der Waals surface area contributed by atoms with Gasteiger partial charge in [-0.3, -0.25) is 0 Å². The molecule has 0 radical (unpaired) electrons. The molecule has 1 saturated heterocycles. The highest BCUT2D eigenvalue weighted by atomic mass is 32.2. The first-order valence-electron chi connectivity index (χ1n) is 5.61. The first-order chi connectivity index (χ1) is 7.81. The Morgan fingerprint density at radius 2 is 2.31 bits per heavy atom. The molecule has 1 aliphatic rings. The summed E-state index contributed by atoms with van der Waals surface area (Å²) in [7, 11) is 0. The number of aromatic nitrogens is 2. The number of anilines is 1. The third kappa shape index (κ3) is 2.65. The second-order valence-electron chi connectivity index (χ2n) is 3.86. The number of ether oxygens (including phenoxy) is 1. The highest BCUT2D eigenvalue weighted by Gasteiger charge is 2.21. The van der Waals surface area contributed by atoms with Crippen LogP contribution < -0.4 is 5.32 Å². The Balaban J connectivity index is 2.05. The second kappa shape index (κ2) is 5.50. The van der Waals surface area contributed by atoms with Gasteiger partial charge in [-0.1, -0.05) is 18.7 Å². The highest BCUT2D eigenvalue weighted by molar-refractivity contribution is 8.00. The van der Waals surface area contributed by atoms with Gasteiger partial charge in [-0.25, -0.2) is 9.97 Å². The van der Waals surface area contributed by atoms with Gasteiger partial charge in [0.2, 0.25) is 0 Å². The van der Waals surface area contributed by atoms with Crippen molar-refractivity contribution in [2.75, 3.05) is 25.1 Å². The lowest BCUT2D eigenvalue weighted by atomic mass is 10.3. The second-order valence-corrected chi connectivity index (χ2v) is 5.15. The third-order valence-electron chi connectivity index (χ3n) is 2.47. The Labute approximate surface area is 100 Å². The predicted octanol–water partition coefficient (Wildman–Crippen LogP) is 2.10. The van der Waals surface area contributed by atoms with E-state index < -0.39 is 0 Å². The molecule has 0 unspecified atom stereocenters. The van der Waals surface area contributed by atoms with Gasteiger partial charge in [-0.2, -0.15) is 0 Å². The summed E-state index contributed by atoms with van der Waals surface area (Å²) in [5.74, 6) is 0.958.